The van der Waals surface area contributed by atoms with E-state index in [2.05, 4.69) is 10.3 Å². The summed E-state index contributed by atoms with van der Waals surface area (Å²) in [6.45, 7) is 5.37. The Morgan fingerprint density at radius 3 is 2.70 bits per heavy atom. The maximum absolute atomic E-state index is 12.3. The zero-order valence-electron chi connectivity index (χ0n) is 13.7. The highest BCUT2D eigenvalue weighted by atomic mass is 35.5. The molecule has 2 N–H and O–H groups in total. The Morgan fingerprint density at radius 1 is 1.43 bits per heavy atom. The van der Waals surface area contributed by atoms with Crippen LogP contribution in [0.5, 0.6) is 0 Å². The molecule has 2 rings (SSSR count). The fourth-order valence-electron chi connectivity index (χ4n) is 3.00. The number of rotatable bonds is 4. The molecule has 1 unspecified atom stereocenters. The molecule has 1 aliphatic heterocycles. The smallest absolute Gasteiger partial charge is 0.266 e. The number of nitrogens with zero attached hydrogens (tertiary/aromatic N) is 2. The Hall–Kier alpha value is -1.84. The van der Waals surface area contributed by atoms with E-state index in [0.717, 1.165) is 30.8 Å². The molecule has 1 saturated heterocycles. The number of hydrogen-bond acceptors (Lipinski definition) is 4. The molecule has 1 amide bonds. The highest BCUT2D eigenvalue weighted by molar-refractivity contribution is 5.85. The van der Waals surface area contributed by atoms with Crippen LogP contribution in [-0.4, -0.2) is 42.0 Å². The lowest BCUT2D eigenvalue weighted by atomic mass is 9.98. The second-order valence-electron chi connectivity index (χ2n) is 5.82. The van der Waals surface area contributed by atoms with E-state index in [-0.39, 0.29) is 35.5 Å². The number of aromatic amines is 1. The Balaban J connectivity index is 0.00000264. The normalized spacial score (nSPS) is 16.5. The summed E-state index contributed by atoms with van der Waals surface area (Å²) in [6.07, 6.45) is 1.90. The van der Waals surface area contributed by atoms with Crippen LogP contribution in [0.15, 0.2) is 4.79 Å². The number of nitrogens with one attached hydrogen (secondary N) is 2. The molecule has 1 atom stereocenters. The van der Waals surface area contributed by atoms with Crippen molar-refractivity contribution >= 4 is 18.3 Å². The van der Waals surface area contributed by atoms with Crippen LogP contribution in [-0.2, 0) is 11.2 Å². The maximum Gasteiger partial charge on any atom is 0.266 e. The lowest BCUT2D eigenvalue weighted by Gasteiger charge is -2.24. The molecule has 6 nitrogen and oxygen atoms in total. The molecule has 0 spiro atoms. The van der Waals surface area contributed by atoms with Crippen molar-refractivity contribution in [1.82, 2.24) is 15.2 Å². The van der Waals surface area contributed by atoms with E-state index < -0.39 is 0 Å². The number of nitriles is 1. The standard InChI is InChI=1S/C16H22N4O2.ClH/c1-10-13(11(2)19-16(22)14(10)8-17)4-5-15(21)20(3)12-6-7-18-9-12;/h12,18H,4-7,9H2,1-3H3,(H,19,22);1H. The van der Waals surface area contributed by atoms with Gasteiger partial charge < -0.3 is 15.2 Å². The van der Waals surface area contributed by atoms with Crippen LogP contribution in [0.3, 0.4) is 0 Å². The van der Waals surface area contributed by atoms with Gasteiger partial charge in [0.1, 0.15) is 11.6 Å². The molecule has 0 aliphatic carbocycles. The summed E-state index contributed by atoms with van der Waals surface area (Å²) in [6, 6.07) is 2.20. The second kappa shape index (κ2) is 8.14. The predicted molar refractivity (Wildman–Crippen MR) is 90.9 cm³/mol. The Kier molecular flexibility index (Phi) is 6.79. The third-order valence-corrected chi connectivity index (χ3v) is 4.48. The van der Waals surface area contributed by atoms with Gasteiger partial charge in [-0.15, -0.1) is 12.4 Å². The number of carbonyl (C=O) groups is 1. The number of pyridine rings is 1. The molecule has 23 heavy (non-hydrogen) atoms. The number of carbonyl (C=O) groups excluding carboxylic acids is 1. The van der Waals surface area contributed by atoms with Crippen LogP contribution in [0.25, 0.3) is 0 Å². The van der Waals surface area contributed by atoms with Crippen LogP contribution in [0, 0.1) is 25.2 Å². The first-order chi connectivity index (χ1) is 10.5. The lowest BCUT2D eigenvalue weighted by molar-refractivity contribution is -0.131. The fourth-order valence-corrected chi connectivity index (χ4v) is 3.00. The Labute approximate surface area is 142 Å². The summed E-state index contributed by atoms with van der Waals surface area (Å²) in [7, 11) is 1.84. The minimum Gasteiger partial charge on any atom is -0.341 e. The van der Waals surface area contributed by atoms with Crippen LogP contribution in [0.2, 0.25) is 0 Å². The molecule has 126 valence electrons. The maximum atomic E-state index is 12.3. The summed E-state index contributed by atoms with van der Waals surface area (Å²) in [5.41, 5.74) is 2.09. The van der Waals surface area contributed by atoms with E-state index in [1.54, 1.807) is 13.8 Å². The quantitative estimate of drug-likeness (QED) is 0.858. The number of H-pyrrole nitrogens is 1. The van der Waals surface area contributed by atoms with E-state index in [9.17, 15) is 9.59 Å². The number of halogens is 1. The predicted octanol–water partition coefficient (Wildman–Crippen LogP) is 1.04. The first-order valence-corrected chi connectivity index (χ1v) is 7.54. The molecule has 7 heteroatoms. The van der Waals surface area contributed by atoms with Gasteiger partial charge in [-0.2, -0.15) is 5.26 Å². The van der Waals surface area contributed by atoms with E-state index in [4.69, 9.17) is 5.26 Å². The van der Waals surface area contributed by atoms with Crippen molar-refractivity contribution in [3.05, 3.63) is 32.7 Å². The third-order valence-electron chi connectivity index (χ3n) is 4.48. The highest BCUT2D eigenvalue weighted by Gasteiger charge is 2.23. The molecule has 0 bridgehead atoms. The molecular formula is C16H23ClN4O2. The summed E-state index contributed by atoms with van der Waals surface area (Å²) >= 11 is 0. The van der Waals surface area contributed by atoms with E-state index in [1.807, 2.05) is 18.0 Å². The third kappa shape index (κ3) is 4.12. The molecule has 1 aliphatic rings. The van der Waals surface area contributed by atoms with Gasteiger partial charge in [0.25, 0.3) is 5.56 Å². The molecule has 1 aromatic heterocycles. The summed E-state index contributed by atoms with van der Waals surface area (Å²) in [5, 5.41) is 12.3. The molecule has 0 radical (unpaired) electrons. The van der Waals surface area contributed by atoms with Gasteiger partial charge in [0, 0.05) is 31.7 Å². The van der Waals surface area contributed by atoms with Gasteiger partial charge in [-0.25, -0.2) is 0 Å². The zero-order valence-corrected chi connectivity index (χ0v) is 14.5. The van der Waals surface area contributed by atoms with Crippen molar-refractivity contribution < 1.29 is 4.79 Å². The van der Waals surface area contributed by atoms with E-state index in [0.29, 0.717) is 18.4 Å². The Morgan fingerprint density at radius 2 is 2.13 bits per heavy atom. The van der Waals surface area contributed by atoms with Gasteiger partial charge in [-0.1, -0.05) is 0 Å². The molecule has 0 saturated carbocycles. The van der Waals surface area contributed by atoms with E-state index >= 15 is 0 Å². The zero-order chi connectivity index (χ0) is 16.3. The first kappa shape index (κ1) is 19.2. The van der Waals surface area contributed by atoms with Gasteiger partial charge >= 0.3 is 0 Å². The average Bonchev–Trinajstić information content (AvgIpc) is 3.00. The van der Waals surface area contributed by atoms with Gasteiger partial charge in [-0.05, 0) is 44.4 Å². The number of aromatic nitrogens is 1. The van der Waals surface area contributed by atoms with Crippen molar-refractivity contribution in [2.75, 3.05) is 20.1 Å². The number of hydrogen-bond donors (Lipinski definition) is 2. The van der Waals surface area contributed by atoms with Crippen molar-refractivity contribution in [3.63, 3.8) is 0 Å². The molecule has 1 aromatic rings. The fraction of sp³-hybridized carbons (Fsp3) is 0.562. The SMILES string of the molecule is Cc1[nH]c(=O)c(C#N)c(C)c1CCC(=O)N(C)C1CCNC1.Cl. The van der Waals surface area contributed by atoms with Gasteiger partial charge in [0.05, 0.1) is 0 Å². The van der Waals surface area contributed by atoms with Crippen LogP contribution in [0.1, 0.15) is 35.2 Å². The second-order valence-corrected chi connectivity index (χ2v) is 5.82. The van der Waals surface area contributed by atoms with Crippen molar-refractivity contribution in [2.45, 2.75) is 39.2 Å². The van der Waals surface area contributed by atoms with Crippen LogP contribution in [0.4, 0.5) is 0 Å². The number of amides is 1. The molecule has 2 heterocycles. The summed E-state index contributed by atoms with van der Waals surface area (Å²) in [4.78, 5) is 28.5. The van der Waals surface area contributed by atoms with Crippen molar-refractivity contribution in [3.8, 4) is 6.07 Å². The van der Waals surface area contributed by atoms with E-state index in [1.165, 1.54) is 0 Å². The van der Waals surface area contributed by atoms with Crippen LogP contribution < -0.4 is 10.9 Å². The monoisotopic (exact) mass is 338 g/mol. The largest absolute Gasteiger partial charge is 0.341 e. The van der Waals surface area contributed by atoms with Gasteiger partial charge in [-0.3, -0.25) is 9.59 Å². The van der Waals surface area contributed by atoms with Crippen LogP contribution >= 0.6 is 12.4 Å². The molecule has 1 fully saturated rings. The topological polar surface area (TPSA) is 89.0 Å². The van der Waals surface area contributed by atoms with Crippen molar-refractivity contribution in [2.24, 2.45) is 0 Å². The highest BCUT2D eigenvalue weighted by Crippen LogP contribution is 2.16. The average molecular weight is 339 g/mol. The lowest BCUT2D eigenvalue weighted by Crippen LogP contribution is -2.38. The minimum atomic E-state index is -0.360. The van der Waals surface area contributed by atoms with Gasteiger partial charge in [0.2, 0.25) is 5.91 Å². The number of likely N-dealkylation sites (N-methyl/N-ethyl adjacent to an activating group) is 1. The van der Waals surface area contributed by atoms with Gasteiger partial charge in [0.15, 0.2) is 0 Å². The number of aryl methyl sites for hydroxylation is 1. The molecule has 0 aromatic carbocycles. The minimum absolute atomic E-state index is 0. The van der Waals surface area contributed by atoms with Crippen molar-refractivity contribution in [1.29, 1.82) is 5.26 Å². The molecular weight excluding hydrogens is 316 g/mol. The summed E-state index contributed by atoms with van der Waals surface area (Å²) in [5.74, 6) is 0.0946. The Bertz CT molecular complexity index is 672. The summed E-state index contributed by atoms with van der Waals surface area (Å²) < 4.78 is 0. The first-order valence-electron chi connectivity index (χ1n) is 7.54.